The van der Waals surface area contributed by atoms with Crippen LogP contribution in [0, 0.1) is 5.92 Å². The highest BCUT2D eigenvalue weighted by atomic mass is 19.1. The van der Waals surface area contributed by atoms with E-state index in [0.717, 1.165) is 30.8 Å². The van der Waals surface area contributed by atoms with Crippen molar-refractivity contribution >= 4 is 0 Å². The van der Waals surface area contributed by atoms with Crippen LogP contribution in [-0.4, -0.2) is 20.2 Å². The number of methoxy groups -OCH3 is 1. The topological polar surface area (TPSA) is 21.3 Å². The minimum Gasteiger partial charge on any atom is -0.497 e. The van der Waals surface area contributed by atoms with Gasteiger partial charge in [-0.15, -0.1) is 0 Å². The maximum atomic E-state index is 14.6. The zero-order chi connectivity index (χ0) is 12.3. The van der Waals surface area contributed by atoms with E-state index in [9.17, 15) is 4.39 Å². The molecule has 0 saturated carbocycles. The number of nitrogens with one attached hydrogen (secondary N) is 1. The van der Waals surface area contributed by atoms with E-state index in [1.54, 1.807) is 14.0 Å². The Morgan fingerprint density at radius 2 is 2.12 bits per heavy atom. The molecule has 1 aromatic carbocycles. The summed E-state index contributed by atoms with van der Waals surface area (Å²) >= 11 is 0. The summed E-state index contributed by atoms with van der Waals surface area (Å²) in [5.74, 6) is 1.22. The van der Waals surface area contributed by atoms with Crippen molar-refractivity contribution in [2.24, 2.45) is 5.92 Å². The van der Waals surface area contributed by atoms with E-state index >= 15 is 0 Å². The Labute approximate surface area is 102 Å². The second-order valence-electron chi connectivity index (χ2n) is 4.99. The smallest absolute Gasteiger partial charge is 0.133 e. The van der Waals surface area contributed by atoms with Crippen molar-refractivity contribution in [3.63, 3.8) is 0 Å². The molecule has 1 heterocycles. The molecule has 2 atom stereocenters. The lowest BCUT2D eigenvalue weighted by atomic mass is 9.87. The fraction of sp³-hybridized carbons (Fsp3) is 0.571. The van der Waals surface area contributed by atoms with E-state index in [-0.39, 0.29) is 0 Å². The molecule has 2 rings (SSSR count). The van der Waals surface area contributed by atoms with Crippen LogP contribution in [0.2, 0.25) is 0 Å². The zero-order valence-corrected chi connectivity index (χ0v) is 10.5. The monoisotopic (exact) mass is 237 g/mol. The molecule has 0 radical (unpaired) electrons. The predicted octanol–water partition coefficient (Wildman–Crippen LogP) is 2.88. The van der Waals surface area contributed by atoms with Gasteiger partial charge in [-0.2, -0.15) is 0 Å². The van der Waals surface area contributed by atoms with Gasteiger partial charge in [-0.25, -0.2) is 4.39 Å². The van der Waals surface area contributed by atoms with Gasteiger partial charge in [0.1, 0.15) is 11.4 Å². The van der Waals surface area contributed by atoms with E-state index in [1.165, 1.54) is 0 Å². The van der Waals surface area contributed by atoms with Crippen LogP contribution >= 0.6 is 0 Å². The first-order valence-corrected chi connectivity index (χ1v) is 6.16. The summed E-state index contributed by atoms with van der Waals surface area (Å²) in [6, 6.07) is 7.28. The molecule has 0 aromatic heterocycles. The molecule has 1 saturated heterocycles. The predicted molar refractivity (Wildman–Crippen MR) is 67.0 cm³/mol. The first kappa shape index (κ1) is 12.4. The second kappa shape index (κ2) is 5.05. The fourth-order valence-electron chi connectivity index (χ4n) is 2.49. The SMILES string of the molecule is COc1ccc(C(C)(F)CC2CCNC2)cc1. The number of alkyl halides is 1. The van der Waals surface area contributed by atoms with Gasteiger partial charge in [0.2, 0.25) is 0 Å². The largest absolute Gasteiger partial charge is 0.497 e. The standard InChI is InChI=1S/C14H20FNO/c1-14(15,9-11-7-8-16-10-11)12-3-5-13(17-2)6-4-12/h3-6,11,16H,7-10H2,1-2H3. The van der Waals surface area contributed by atoms with E-state index < -0.39 is 5.67 Å². The third-order valence-corrected chi connectivity index (χ3v) is 3.53. The van der Waals surface area contributed by atoms with Crippen LogP contribution in [-0.2, 0) is 5.67 Å². The Bertz CT molecular complexity index is 355. The average molecular weight is 237 g/mol. The Morgan fingerprint density at radius 1 is 1.41 bits per heavy atom. The van der Waals surface area contributed by atoms with Gasteiger partial charge in [-0.1, -0.05) is 12.1 Å². The number of hydrogen-bond donors (Lipinski definition) is 1. The molecule has 17 heavy (non-hydrogen) atoms. The van der Waals surface area contributed by atoms with Gasteiger partial charge in [0.25, 0.3) is 0 Å². The van der Waals surface area contributed by atoms with Crippen molar-refractivity contribution in [2.75, 3.05) is 20.2 Å². The van der Waals surface area contributed by atoms with Gasteiger partial charge in [-0.05, 0) is 56.5 Å². The summed E-state index contributed by atoms with van der Waals surface area (Å²) in [7, 11) is 1.62. The quantitative estimate of drug-likeness (QED) is 0.869. The minimum absolute atomic E-state index is 0.451. The van der Waals surface area contributed by atoms with Crippen molar-refractivity contribution in [3.05, 3.63) is 29.8 Å². The molecule has 0 amide bonds. The van der Waals surface area contributed by atoms with Crippen LogP contribution < -0.4 is 10.1 Å². The third-order valence-electron chi connectivity index (χ3n) is 3.53. The van der Waals surface area contributed by atoms with Crippen LogP contribution in [0.3, 0.4) is 0 Å². The number of rotatable bonds is 4. The lowest BCUT2D eigenvalue weighted by Gasteiger charge is -2.24. The normalized spacial score (nSPS) is 23.4. The molecule has 0 bridgehead atoms. The van der Waals surface area contributed by atoms with Crippen LogP contribution in [0.5, 0.6) is 5.75 Å². The molecule has 0 aliphatic carbocycles. The van der Waals surface area contributed by atoms with E-state index in [4.69, 9.17) is 4.74 Å². The number of ether oxygens (including phenoxy) is 1. The summed E-state index contributed by atoms with van der Waals surface area (Å²) < 4.78 is 19.7. The lowest BCUT2D eigenvalue weighted by Crippen LogP contribution is -2.21. The highest BCUT2D eigenvalue weighted by Crippen LogP contribution is 2.35. The van der Waals surface area contributed by atoms with Gasteiger partial charge in [0, 0.05) is 0 Å². The average Bonchev–Trinajstić information content (AvgIpc) is 2.81. The molecule has 3 heteroatoms. The lowest BCUT2D eigenvalue weighted by molar-refractivity contribution is 0.150. The van der Waals surface area contributed by atoms with Crippen LogP contribution in [0.4, 0.5) is 4.39 Å². The summed E-state index contributed by atoms with van der Waals surface area (Å²) in [5.41, 5.74) is -0.506. The van der Waals surface area contributed by atoms with Gasteiger partial charge in [0.15, 0.2) is 0 Å². The van der Waals surface area contributed by atoms with E-state index in [0.29, 0.717) is 12.3 Å². The summed E-state index contributed by atoms with van der Waals surface area (Å²) in [5, 5.41) is 3.28. The Hall–Kier alpha value is -1.09. The van der Waals surface area contributed by atoms with Crippen molar-refractivity contribution in [2.45, 2.75) is 25.4 Å². The second-order valence-corrected chi connectivity index (χ2v) is 4.99. The molecule has 1 aliphatic rings. The van der Waals surface area contributed by atoms with Crippen molar-refractivity contribution in [1.29, 1.82) is 0 Å². The highest BCUT2D eigenvalue weighted by Gasteiger charge is 2.30. The molecule has 94 valence electrons. The van der Waals surface area contributed by atoms with E-state index in [1.807, 2.05) is 24.3 Å². The summed E-state index contributed by atoms with van der Waals surface area (Å²) in [6.07, 6.45) is 1.67. The summed E-state index contributed by atoms with van der Waals surface area (Å²) in [6.45, 7) is 3.63. The first-order chi connectivity index (χ1) is 8.12. The van der Waals surface area contributed by atoms with Crippen LogP contribution in [0.1, 0.15) is 25.3 Å². The molecular weight excluding hydrogens is 217 g/mol. The molecule has 1 fully saturated rings. The van der Waals surface area contributed by atoms with Gasteiger partial charge >= 0.3 is 0 Å². The fourth-order valence-corrected chi connectivity index (χ4v) is 2.49. The van der Waals surface area contributed by atoms with Gasteiger partial charge < -0.3 is 10.1 Å². The molecule has 1 aliphatic heterocycles. The van der Waals surface area contributed by atoms with Crippen molar-refractivity contribution < 1.29 is 9.13 Å². The Morgan fingerprint density at radius 3 is 2.65 bits per heavy atom. The van der Waals surface area contributed by atoms with E-state index in [2.05, 4.69) is 5.32 Å². The summed E-state index contributed by atoms with van der Waals surface area (Å²) in [4.78, 5) is 0. The van der Waals surface area contributed by atoms with Gasteiger partial charge in [-0.3, -0.25) is 0 Å². The van der Waals surface area contributed by atoms with Crippen LogP contribution in [0.15, 0.2) is 24.3 Å². The number of halogens is 1. The molecular formula is C14H20FNO. The minimum atomic E-state index is -1.25. The first-order valence-electron chi connectivity index (χ1n) is 6.16. The zero-order valence-electron chi connectivity index (χ0n) is 10.5. The molecule has 1 N–H and O–H groups in total. The molecule has 2 nitrogen and oxygen atoms in total. The van der Waals surface area contributed by atoms with Crippen LogP contribution in [0.25, 0.3) is 0 Å². The maximum Gasteiger partial charge on any atom is 0.133 e. The Kier molecular flexibility index (Phi) is 3.67. The molecule has 1 aromatic rings. The number of hydrogen-bond acceptors (Lipinski definition) is 2. The number of benzene rings is 1. The third kappa shape index (κ3) is 2.97. The Balaban J connectivity index is 2.06. The van der Waals surface area contributed by atoms with Gasteiger partial charge in [0.05, 0.1) is 7.11 Å². The van der Waals surface area contributed by atoms with Crippen molar-refractivity contribution in [3.8, 4) is 5.75 Å². The molecule has 0 spiro atoms. The molecule has 2 unspecified atom stereocenters. The maximum absolute atomic E-state index is 14.6. The highest BCUT2D eigenvalue weighted by molar-refractivity contribution is 5.30. The van der Waals surface area contributed by atoms with Crippen molar-refractivity contribution in [1.82, 2.24) is 5.32 Å².